The third kappa shape index (κ3) is 4.31. The zero-order valence-electron chi connectivity index (χ0n) is 18.0. The van der Waals surface area contributed by atoms with Crippen molar-refractivity contribution in [3.63, 3.8) is 0 Å². The number of carbonyl (C=O) groups excluding carboxylic acids is 1. The van der Waals surface area contributed by atoms with Crippen molar-refractivity contribution < 1.29 is 14.6 Å². The highest BCUT2D eigenvalue weighted by Gasteiger charge is 2.15. The number of aromatic amines is 1. The van der Waals surface area contributed by atoms with Crippen LogP contribution in [0, 0.1) is 0 Å². The van der Waals surface area contributed by atoms with Crippen LogP contribution in [0.2, 0.25) is 0 Å². The molecule has 166 valence electrons. The molecule has 0 saturated carbocycles. The fraction of sp³-hybridized carbons (Fsp3) is 0.154. The van der Waals surface area contributed by atoms with Gasteiger partial charge in [-0.25, -0.2) is 0 Å². The number of rotatable bonds is 5. The number of nitrogens with zero attached hydrogens (tertiary/aromatic N) is 2. The van der Waals surface area contributed by atoms with Gasteiger partial charge in [0.05, 0.1) is 24.5 Å². The molecular formula is C26H24N4O3. The van der Waals surface area contributed by atoms with Crippen LogP contribution in [-0.4, -0.2) is 48.4 Å². The molecule has 4 N–H and O–H groups in total. The maximum atomic E-state index is 12.9. The van der Waals surface area contributed by atoms with Gasteiger partial charge in [-0.2, -0.15) is 0 Å². The molecule has 1 aliphatic rings. The number of aliphatic imine (C=N–C) groups is 1. The molecule has 1 saturated heterocycles. The van der Waals surface area contributed by atoms with E-state index in [-0.39, 0.29) is 11.7 Å². The normalized spacial score (nSPS) is 14.2. The average molecular weight is 441 g/mol. The molecule has 1 aliphatic heterocycles. The molecule has 4 aromatic rings. The molecule has 33 heavy (non-hydrogen) atoms. The lowest BCUT2D eigenvalue weighted by Gasteiger charge is -2.28. The highest BCUT2D eigenvalue weighted by Crippen LogP contribution is 2.29. The number of fused-ring (bicyclic) bond motifs is 1. The van der Waals surface area contributed by atoms with Crippen LogP contribution in [0.15, 0.2) is 71.7 Å². The van der Waals surface area contributed by atoms with E-state index in [0.717, 1.165) is 48.6 Å². The van der Waals surface area contributed by atoms with Crippen LogP contribution in [0.1, 0.15) is 21.5 Å². The minimum Gasteiger partial charge on any atom is -0.494 e. The summed E-state index contributed by atoms with van der Waals surface area (Å²) in [6.45, 7) is 3.23. The van der Waals surface area contributed by atoms with Crippen LogP contribution >= 0.6 is 0 Å². The number of hydrogen-bond acceptors (Lipinski definition) is 6. The highest BCUT2D eigenvalue weighted by molar-refractivity contribution is 6.12. The number of H-pyrrole nitrogens is 1. The third-order valence-corrected chi connectivity index (χ3v) is 5.80. The van der Waals surface area contributed by atoms with Crippen molar-refractivity contribution in [3.05, 3.63) is 83.4 Å². The first kappa shape index (κ1) is 20.8. The first-order valence-electron chi connectivity index (χ1n) is 10.8. The lowest BCUT2D eigenvalue weighted by atomic mass is 10.0. The van der Waals surface area contributed by atoms with Gasteiger partial charge in [0.2, 0.25) is 0 Å². The minimum atomic E-state index is -0.133. The van der Waals surface area contributed by atoms with Crippen molar-refractivity contribution >= 4 is 40.0 Å². The summed E-state index contributed by atoms with van der Waals surface area (Å²) >= 11 is 0. The van der Waals surface area contributed by atoms with E-state index in [1.54, 1.807) is 48.7 Å². The van der Waals surface area contributed by atoms with Crippen LogP contribution in [0.3, 0.4) is 0 Å². The number of ketones is 1. The van der Waals surface area contributed by atoms with Gasteiger partial charge in [-0.1, -0.05) is 12.1 Å². The Labute approximate surface area is 191 Å². The van der Waals surface area contributed by atoms with E-state index in [4.69, 9.17) is 10.5 Å². The molecule has 0 spiro atoms. The second-order valence-electron chi connectivity index (χ2n) is 7.98. The first-order chi connectivity index (χ1) is 16.1. The summed E-state index contributed by atoms with van der Waals surface area (Å²) in [5, 5.41) is 11.2. The number of aromatic hydroxyl groups is 1. The second-order valence-corrected chi connectivity index (χ2v) is 7.98. The van der Waals surface area contributed by atoms with Crippen LogP contribution in [0.4, 0.5) is 17.1 Å². The molecule has 0 atom stereocenters. The molecule has 7 heteroatoms. The van der Waals surface area contributed by atoms with Gasteiger partial charge in [0.15, 0.2) is 11.7 Å². The Morgan fingerprint density at radius 2 is 1.79 bits per heavy atom. The molecule has 0 aliphatic carbocycles. The Hall–Kier alpha value is -4.10. The molecule has 1 fully saturated rings. The molecule has 3 aromatic carbocycles. The van der Waals surface area contributed by atoms with Crippen molar-refractivity contribution in [3.8, 4) is 5.88 Å². The average Bonchev–Trinajstić information content (AvgIpc) is 3.17. The third-order valence-electron chi connectivity index (χ3n) is 5.80. The number of aromatic nitrogens is 1. The Morgan fingerprint density at radius 1 is 1.03 bits per heavy atom. The predicted octanol–water partition coefficient (Wildman–Crippen LogP) is 4.27. The highest BCUT2D eigenvalue weighted by atomic mass is 16.5. The number of anilines is 2. The number of nitrogens with two attached hydrogens (primary N) is 1. The number of ether oxygens (including phenoxy) is 1. The molecule has 0 radical (unpaired) electrons. The zero-order valence-corrected chi connectivity index (χ0v) is 18.0. The number of hydrogen-bond donors (Lipinski definition) is 3. The van der Waals surface area contributed by atoms with Gasteiger partial charge >= 0.3 is 0 Å². The Kier molecular flexibility index (Phi) is 5.54. The zero-order chi connectivity index (χ0) is 22.8. The predicted molar refractivity (Wildman–Crippen MR) is 131 cm³/mol. The Morgan fingerprint density at radius 3 is 2.55 bits per heavy atom. The van der Waals surface area contributed by atoms with Gasteiger partial charge < -0.3 is 25.5 Å². The summed E-state index contributed by atoms with van der Waals surface area (Å²) in [7, 11) is 0. The number of benzene rings is 3. The van der Waals surface area contributed by atoms with Crippen LogP contribution in [0.5, 0.6) is 5.88 Å². The van der Waals surface area contributed by atoms with Gasteiger partial charge in [-0.15, -0.1) is 0 Å². The Bertz CT molecular complexity index is 1340. The van der Waals surface area contributed by atoms with Gasteiger partial charge in [-0.05, 0) is 54.6 Å². The van der Waals surface area contributed by atoms with Crippen molar-refractivity contribution in [2.45, 2.75) is 0 Å². The summed E-state index contributed by atoms with van der Waals surface area (Å²) in [4.78, 5) is 22.7. The number of carbonyl (C=O) groups is 1. The monoisotopic (exact) mass is 440 g/mol. The lowest BCUT2D eigenvalue weighted by molar-refractivity contribution is 0.103. The smallest absolute Gasteiger partial charge is 0.198 e. The van der Waals surface area contributed by atoms with E-state index in [9.17, 15) is 9.90 Å². The molecular weight excluding hydrogens is 416 g/mol. The molecule has 5 rings (SSSR count). The minimum absolute atomic E-state index is 0.00671. The molecule has 7 nitrogen and oxygen atoms in total. The summed E-state index contributed by atoms with van der Waals surface area (Å²) < 4.78 is 5.41. The van der Waals surface area contributed by atoms with E-state index >= 15 is 0 Å². The summed E-state index contributed by atoms with van der Waals surface area (Å²) in [5.41, 5.74) is 10.5. The summed E-state index contributed by atoms with van der Waals surface area (Å²) in [6.07, 6.45) is 1.62. The maximum Gasteiger partial charge on any atom is 0.198 e. The lowest BCUT2D eigenvalue weighted by Crippen LogP contribution is -2.36. The van der Waals surface area contributed by atoms with Gasteiger partial charge in [-0.3, -0.25) is 9.79 Å². The largest absolute Gasteiger partial charge is 0.494 e. The van der Waals surface area contributed by atoms with E-state index in [2.05, 4.69) is 14.9 Å². The Balaban J connectivity index is 1.42. The van der Waals surface area contributed by atoms with E-state index in [0.29, 0.717) is 22.4 Å². The first-order valence-corrected chi connectivity index (χ1v) is 10.8. The number of nitrogens with one attached hydrogen (secondary N) is 1. The fourth-order valence-electron chi connectivity index (χ4n) is 4.03. The van der Waals surface area contributed by atoms with Crippen molar-refractivity contribution in [1.29, 1.82) is 0 Å². The number of morpholine rings is 1. The van der Waals surface area contributed by atoms with Gasteiger partial charge in [0.25, 0.3) is 0 Å². The summed E-state index contributed by atoms with van der Waals surface area (Å²) in [5.74, 6) is -0.126. The fourth-order valence-corrected chi connectivity index (χ4v) is 4.03. The van der Waals surface area contributed by atoms with Gasteiger partial charge in [0.1, 0.15) is 0 Å². The quantitative estimate of drug-likeness (QED) is 0.244. The van der Waals surface area contributed by atoms with Crippen molar-refractivity contribution in [1.82, 2.24) is 4.98 Å². The molecule has 0 unspecified atom stereocenters. The van der Waals surface area contributed by atoms with Crippen molar-refractivity contribution in [2.24, 2.45) is 4.99 Å². The molecule has 2 heterocycles. The second kappa shape index (κ2) is 8.80. The van der Waals surface area contributed by atoms with E-state index < -0.39 is 0 Å². The molecule has 1 aromatic heterocycles. The van der Waals surface area contributed by atoms with Gasteiger partial charge in [0, 0.05) is 52.7 Å². The maximum absolute atomic E-state index is 12.9. The number of nitrogen functional groups attached to an aromatic ring is 1. The van der Waals surface area contributed by atoms with Crippen LogP contribution in [0.25, 0.3) is 10.9 Å². The summed E-state index contributed by atoms with van der Waals surface area (Å²) in [6, 6.07) is 20.1. The van der Waals surface area contributed by atoms with Crippen LogP contribution < -0.4 is 10.6 Å². The molecule has 0 amide bonds. The molecule has 0 bridgehead atoms. The SMILES string of the molecule is Nc1cccc(C(=O)c2ccc3[nH]c(O)c(C=Nc4ccc(N5CCOCC5)cc4)c3c2)c1. The topological polar surface area (TPSA) is 104 Å². The van der Waals surface area contributed by atoms with E-state index in [1.165, 1.54) is 0 Å². The standard InChI is InChI=1S/C26H24N4O3/c27-19-3-1-2-17(14-19)25(31)18-4-9-24-22(15-18)23(26(32)29-24)16-28-20-5-7-21(8-6-20)30-10-12-33-13-11-30/h1-9,14-16,29,32H,10-13,27H2. The van der Waals surface area contributed by atoms with Crippen molar-refractivity contribution in [2.75, 3.05) is 36.9 Å². The van der Waals surface area contributed by atoms with Crippen LogP contribution in [-0.2, 0) is 4.74 Å². The van der Waals surface area contributed by atoms with E-state index in [1.807, 2.05) is 24.3 Å².